The monoisotopic (exact) mass is 279 g/mol. The van der Waals surface area contributed by atoms with Gasteiger partial charge in [0.15, 0.2) is 0 Å². The van der Waals surface area contributed by atoms with Crippen molar-refractivity contribution in [1.82, 2.24) is 0 Å². The number of halogens is 4. The zero-order chi connectivity index (χ0) is 14.8. The highest BCUT2D eigenvalue weighted by Gasteiger charge is 2.31. The summed E-state index contributed by atoms with van der Waals surface area (Å²) in [4.78, 5) is 0. The average Bonchev–Trinajstić information content (AvgIpc) is 2.26. The quantitative estimate of drug-likeness (QED) is 0.824. The van der Waals surface area contributed by atoms with Gasteiger partial charge in [-0.3, -0.25) is 0 Å². The van der Waals surface area contributed by atoms with Crippen LogP contribution in [0.2, 0.25) is 0 Å². The van der Waals surface area contributed by atoms with Crippen LogP contribution in [0, 0.1) is 11.7 Å². The van der Waals surface area contributed by atoms with Crippen LogP contribution in [0.3, 0.4) is 0 Å². The lowest BCUT2D eigenvalue weighted by Gasteiger charge is -2.28. The van der Waals surface area contributed by atoms with Crippen molar-refractivity contribution >= 4 is 5.69 Å². The molecule has 108 valence electrons. The zero-order valence-electron chi connectivity index (χ0n) is 11.0. The van der Waals surface area contributed by atoms with E-state index in [1.165, 1.54) is 6.92 Å². The molecule has 0 heterocycles. The third-order valence-corrected chi connectivity index (χ3v) is 3.17. The third-order valence-electron chi connectivity index (χ3n) is 3.17. The number of hydrogen-bond donors (Lipinski definition) is 2. The Morgan fingerprint density at radius 1 is 1.26 bits per heavy atom. The molecular formula is C13H17F4NO. The second-order valence-electron chi connectivity index (χ2n) is 5.06. The Bertz CT molecular complexity index is 441. The predicted molar refractivity (Wildman–Crippen MR) is 65.4 cm³/mol. The van der Waals surface area contributed by atoms with Gasteiger partial charge in [0.05, 0.1) is 16.9 Å². The molecule has 0 saturated heterocycles. The minimum absolute atomic E-state index is 0.0388. The van der Waals surface area contributed by atoms with Crippen LogP contribution in [-0.4, -0.2) is 17.3 Å². The fourth-order valence-corrected chi connectivity index (χ4v) is 1.32. The SMILES string of the molecule is CC(C)C(C)(O)CNc1cc(C(F)(F)F)ccc1F. The Morgan fingerprint density at radius 2 is 1.84 bits per heavy atom. The first-order valence-corrected chi connectivity index (χ1v) is 5.87. The maximum absolute atomic E-state index is 13.4. The van der Waals surface area contributed by atoms with E-state index in [0.717, 1.165) is 6.07 Å². The number of alkyl halides is 3. The molecule has 0 aliphatic heterocycles. The van der Waals surface area contributed by atoms with Crippen molar-refractivity contribution in [3.8, 4) is 0 Å². The van der Waals surface area contributed by atoms with Crippen LogP contribution < -0.4 is 5.32 Å². The Kier molecular flexibility index (Phi) is 4.45. The second-order valence-corrected chi connectivity index (χ2v) is 5.06. The fourth-order valence-electron chi connectivity index (χ4n) is 1.32. The lowest BCUT2D eigenvalue weighted by atomic mass is 9.92. The second kappa shape index (κ2) is 5.36. The van der Waals surface area contributed by atoms with Crippen LogP contribution in [0.1, 0.15) is 26.3 Å². The van der Waals surface area contributed by atoms with E-state index in [-0.39, 0.29) is 18.2 Å². The predicted octanol–water partition coefficient (Wildman–Crippen LogP) is 3.66. The highest BCUT2D eigenvalue weighted by molar-refractivity contribution is 5.48. The first-order valence-electron chi connectivity index (χ1n) is 5.87. The first-order chi connectivity index (χ1) is 8.54. The van der Waals surface area contributed by atoms with Crippen molar-refractivity contribution in [3.63, 3.8) is 0 Å². The lowest BCUT2D eigenvalue weighted by Crippen LogP contribution is -2.38. The van der Waals surface area contributed by atoms with E-state index in [4.69, 9.17) is 0 Å². The number of hydrogen-bond acceptors (Lipinski definition) is 2. The topological polar surface area (TPSA) is 32.3 Å². The average molecular weight is 279 g/mol. The molecule has 0 bridgehead atoms. The molecular weight excluding hydrogens is 262 g/mol. The minimum atomic E-state index is -4.52. The van der Waals surface area contributed by atoms with Gasteiger partial charge in [0.2, 0.25) is 0 Å². The summed E-state index contributed by atoms with van der Waals surface area (Å²) in [5, 5.41) is 12.5. The summed E-state index contributed by atoms with van der Waals surface area (Å²) in [6.45, 7) is 5.04. The smallest absolute Gasteiger partial charge is 0.388 e. The van der Waals surface area contributed by atoms with Crippen LogP contribution in [-0.2, 0) is 6.18 Å². The Labute approximate surface area is 109 Å². The molecule has 1 unspecified atom stereocenters. The molecule has 0 aromatic heterocycles. The number of rotatable bonds is 4. The largest absolute Gasteiger partial charge is 0.416 e. The number of aliphatic hydroxyl groups is 1. The molecule has 0 radical (unpaired) electrons. The van der Waals surface area contributed by atoms with Crippen molar-refractivity contribution in [2.75, 3.05) is 11.9 Å². The summed E-state index contributed by atoms with van der Waals surface area (Å²) in [6, 6.07) is 2.14. The normalized spacial score (nSPS) is 15.4. The third kappa shape index (κ3) is 4.09. The van der Waals surface area contributed by atoms with Gasteiger partial charge in [0.1, 0.15) is 5.82 Å². The number of benzene rings is 1. The molecule has 0 spiro atoms. The fraction of sp³-hybridized carbons (Fsp3) is 0.538. The number of anilines is 1. The van der Waals surface area contributed by atoms with Crippen molar-refractivity contribution in [3.05, 3.63) is 29.6 Å². The Balaban J connectivity index is 2.90. The molecule has 0 aliphatic rings. The van der Waals surface area contributed by atoms with Crippen molar-refractivity contribution in [1.29, 1.82) is 0 Å². The van der Waals surface area contributed by atoms with Crippen molar-refractivity contribution in [2.24, 2.45) is 5.92 Å². The molecule has 1 aromatic carbocycles. The van der Waals surface area contributed by atoms with Gasteiger partial charge < -0.3 is 10.4 Å². The highest BCUT2D eigenvalue weighted by atomic mass is 19.4. The minimum Gasteiger partial charge on any atom is -0.388 e. The van der Waals surface area contributed by atoms with Crippen molar-refractivity contribution < 1.29 is 22.7 Å². The van der Waals surface area contributed by atoms with E-state index in [9.17, 15) is 22.7 Å². The molecule has 2 N–H and O–H groups in total. The summed E-state index contributed by atoms with van der Waals surface area (Å²) in [5.41, 5.74) is -2.34. The van der Waals surface area contributed by atoms with E-state index in [2.05, 4.69) is 5.32 Å². The summed E-state index contributed by atoms with van der Waals surface area (Å²) >= 11 is 0. The zero-order valence-corrected chi connectivity index (χ0v) is 11.0. The molecule has 0 amide bonds. The maximum Gasteiger partial charge on any atom is 0.416 e. The Hall–Kier alpha value is -1.30. The Morgan fingerprint density at radius 3 is 2.32 bits per heavy atom. The van der Waals surface area contributed by atoms with E-state index < -0.39 is 23.2 Å². The van der Waals surface area contributed by atoms with Crippen molar-refractivity contribution in [2.45, 2.75) is 32.5 Å². The molecule has 1 atom stereocenters. The first kappa shape index (κ1) is 15.8. The van der Waals surface area contributed by atoms with Gasteiger partial charge in [-0.25, -0.2) is 4.39 Å². The molecule has 0 saturated carbocycles. The standard InChI is InChI=1S/C13H17F4NO/c1-8(2)12(3,19)7-18-11-6-9(13(15,16)17)4-5-10(11)14/h4-6,8,18-19H,7H2,1-3H3. The molecule has 0 aliphatic carbocycles. The van der Waals surface area contributed by atoms with Crippen LogP contribution in [0.15, 0.2) is 18.2 Å². The van der Waals surface area contributed by atoms with Crippen LogP contribution in [0.5, 0.6) is 0 Å². The van der Waals surface area contributed by atoms with E-state index in [0.29, 0.717) is 12.1 Å². The summed E-state index contributed by atoms with van der Waals surface area (Å²) < 4.78 is 50.9. The van der Waals surface area contributed by atoms with Gasteiger partial charge in [0, 0.05) is 6.54 Å². The van der Waals surface area contributed by atoms with E-state index >= 15 is 0 Å². The van der Waals surface area contributed by atoms with Gasteiger partial charge in [-0.2, -0.15) is 13.2 Å². The van der Waals surface area contributed by atoms with Crippen LogP contribution in [0.25, 0.3) is 0 Å². The summed E-state index contributed by atoms with van der Waals surface area (Å²) in [6.07, 6.45) is -4.52. The van der Waals surface area contributed by atoms with Gasteiger partial charge in [0.25, 0.3) is 0 Å². The van der Waals surface area contributed by atoms with Gasteiger partial charge in [-0.15, -0.1) is 0 Å². The number of nitrogens with one attached hydrogen (secondary N) is 1. The molecule has 2 nitrogen and oxygen atoms in total. The lowest BCUT2D eigenvalue weighted by molar-refractivity contribution is -0.137. The van der Waals surface area contributed by atoms with E-state index in [1.54, 1.807) is 13.8 Å². The molecule has 1 rings (SSSR count). The van der Waals surface area contributed by atoms with Crippen LogP contribution >= 0.6 is 0 Å². The molecule has 0 fully saturated rings. The van der Waals surface area contributed by atoms with E-state index in [1.807, 2.05) is 0 Å². The van der Waals surface area contributed by atoms with Gasteiger partial charge in [-0.05, 0) is 31.0 Å². The molecule has 19 heavy (non-hydrogen) atoms. The van der Waals surface area contributed by atoms with Gasteiger partial charge >= 0.3 is 6.18 Å². The molecule has 1 aromatic rings. The van der Waals surface area contributed by atoms with Gasteiger partial charge in [-0.1, -0.05) is 13.8 Å². The summed E-state index contributed by atoms with van der Waals surface area (Å²) in [5.74, 6) is -0.901. The molecule has 6 heteroatoms. The highest BCUT2D eigenvalue weighted by Crippen LogP contribution is 2.32. The van der Waals surface area contributed by atoms with Crippen LogP contribution in [0.4, 0.5) is 23.2 Å². The summed E-state index contributed by atoms with van der Waals surface area (Å²) in [7, 11) is 0. The maximum atomic E-state index is 13.4.